The molecule has 16 heavy (non-hydrogen) atoms. The maximum atomic E-state index is 12.0. The first-order chi connectivity index (χ1) is 7.34. The highest BCUT2D eigenvalue weighted by molar-refractivity contribution is 9.10. The van der Waals surface area contributed by atoms with Crippen LogP contribution in [0.5, 0.6) is 0 Å². The van der Waals surface area contributed by atoms with Crippen LogP contribution in [0.2, 0.25) is 0 Å². The van der Waals surface area contributed by atoms with Crippen LogP contribution in [0.4, 0.5) is 0 Å². The van der Waals surface area contributed by atoms with Gasteiger partial charge in [0.15, 0.2) is 11.6 Å². The quantitative estimate of drug-likeness (QED) is 0.485. The summed E-state index contributed by atoms with van der Waals surface area (Å²) in [4.78, 5) is 23.1. The lowest BCUT2D eigenvalue weighted by Crippen LogP contribution is -2.34. The number of Topliss-reactive ketones (excluding diaryl/α,β-unsaturated/α-hetero) is 2. The number of halogens is 1. The van der Waals surface area contributed by atoms with Crippen molar-refractivity contribution in [3.05, 3.63) is 35.9 Å². The summed E-state index contributed by atoms with van der Waals surface area (Å²) in [5, 5.41) is 0. The van der Waals surface area contributed by atoms with E-state index in [1.54, 1.807) is 24.3 Å². The number of rotatable bonds is 3. The lowest BCUT2D eigenvalue weighted by atomic mass is 9.87. The average Bonchev–Trinajstić information content (AvgIpc) is 2.26. The second-order valence-electron chi connectivity index (χ2n) is 4.71. The van der Waals surface area contributed by atoms with E-state index in [9.17, 15) is 9.59 Å². The van der Waals surface area contributed by atoms with E-state index in [1.165, 1.54) is 0 Å². The molecule has 2 nitrogen and oxygen atoms in total. The van der Waals surface area contributed by atoms with Crippen LogP contribution in [-0.4, -0.2) is 16.4 Å². The van der Waals surface area contributed by atoms with Gasteiger partial charge in [0.05, 0.1) is 0 Å². The molecule has 86 valence electrons. The van der Waals surface area contributed by atoms with E-state index in [-0.39, 0.29) is 11.6 Å². The zero-order chi connectivity index (χ0) is 12.3. The SMILES string of the molecule is CC(C)(C)C(=O)[C@H](Br)C(=O)c1ccccc1. The Morgan fingerprint density at radius 3 is 2.06 bits per heavy atom. The monoisotopic (exact) mass is 282 g/mol. The van der Waals surface area contributed by atoms with E-state index in [4.69, 9.17) is 0 Å². The summed E-state index contributed by atoms with van der Waals surface area (Å²) in [6.07, 6.45) is 0. The van der Waals surface area contributed by atoms with E-state index in [0.717, 1.165) is 0 Å². The Kier molecular flexibility index (Phi) is 4.03. The van der Waals surface area contributed by atoms with Gasteiger partial charge < -0.3 is 0 Å². The molecule has 0 heterocycles. The van der Waals surface area contributed by atoms with Crippen molar-refractivity contribution in [3.63, 3.8) is 0 Å². The normalized spacial score (nSPS) is 13.2. The summed E-state index contributed by atoms with van der Waals surface area (Å²) >= 11 is 3.18. The van der Waals surface area contributed by atoms with Gasteiger partial charge >= 0.3 is 0 Å². The summed E-state index contributed by atoms with van der Waals surface area (Å²) in [6, 6.07) is 8.84. The fourth-order valence-corrected chi connectivity index (χ4v) is 2.20. The molecule has 0 N–H and O–H groups in total. The summed E-state index contributed by atoms with van der Waals surface area (Å²) in [5.41, 5.74) is 0.0421. The predicted molar refractivity (Wildman–Crippen MR) is 67.9 cm³/mol. The number of benzene rings is 1. The summed E-state index contributed by atoms with van der Waals surface area (Å²) in [6.45, 7) is 5.42. The smallest absolute Gasteiger partial charge is 0.183 e. The third kappa shape index (κ3) is 3.01. The molecule has 3 heteroatoms. The molecular weight excluding hydrogens is 268 g/mol. The van der Waals surface area contributed by atoms with Crippen LogP contribution >= 0.6 is 15.9 Å². The standard InChI is InChI=1S/C13H15BrO2/c1-13(2,3)12(16)10(14)11(15)9-7-5-4-6-8-9/h4-8,10H,1-3H3/t10-/m1/s1. The van der Waals surface area contributed by atoms with Gasteiger partial charge in [0.25, 0.3) is 0 Å². The topological polar surface area (TPSA) is 34.1 Å². The van der Waals surface area contributed by atoms with E-state index < -0.39 is 10.2 Å². The molecule has 1 rings (SSSR count). The molecule has 0 unspecified atom stereocenters. The van der Waals surface area contributed by atoms with Crippen molar-refractivity contribution in [3.8, 4) is 0 Å². The predicted octanol–water partition coefficient (Wildman–Crippen LogP) is 3.25. The molecule has 1 aromatic rings. The number of carbonyl (C=O) groups is 2. The molecule has 0 saturated carbocycles. The fourth-order valence-electron chi connectivity index (χ4n) is 1.25. The first-order valence-electron chi connectivity index (χ1n) is 5.11. The van der Waals surface area contributed by atoms with Gasteiger partial charge in [-0.25, -0.2) is 0 Å². The van der Waals surface area contributed by atoms with Crippen molar-refractivity contribution in [2.45, 2.75) is 25.6 Å². The largest absolute Gasteiger partial charge is 0.297 e. The van der Waals surface area contributed by atoms with Crippen LogP contribution in [0.3, 0.4) is 0 Å². The van der Waals surface area contributed by atoms with Gasteiger partial charge in [-0.05, 0) is 0 Å². The molecule has 0 saturated heterocycles. The molecule has 0 bridgehead atoms. The van der Waals surface area contributed by atoms with Gasteiger partial charge in [-0.15, -0.1) is 0 Å². The van der Waals surface area contributed by atoms with Gasteiger partial charge in [-0.3, -0.25) is 9.59 Å². The number of hydrogen-bond donors (Lipinski definition) is 0. The zero-order valence-electron chi connectivity index (χ0n) is 9.66. The third-order valence-electron chi connectivity index (χ3n) is 2.26. The van der Waals surface area contributed by atoms with Crippen molar-refractivity contribution < 1.29 is 9.59 Å². The number of carbonyl (C=O) groups excluding carboxylic acids is 2. The molecule has 0 aliphatic carbocycles. The molecule has 0 aliphatic rings. The maximum Gasteiger partial charge on any atom is 0.183 e. The molecule has 0 aromatic heterocycles. The van der Waals surface area contributed by atoms with Gasteiger partial charge in [0.2, 0.25) is 0 Å². The second kappa shape index (κ2) is 4.91. The minimum absolute atomic E-state index is 0.0960. The summed E-state index contributed by atoms with van der Waals surface area (Å²) in [7, 11) is 0. The van der Waals surface area contributed by atoms with Crippen LogP contribution in [-0.2, 0) is 4.79 Å². The molecule has 1 aromatic carbocycles. The number of hydrogen-bond acceptors (Lipinski definition) is 2. The number of ketones is 2. The van der Waals surface area contributed by atoms with E-state index in [0.29, 0.717) is 5.56 Å². The first kappa shape index (κ1) is 13.1. The van der Waals surface area contributed by atoms with Crippen molar-refractivity contribution >= 4 is 27.5 Å². The highest BCUT2D eigenvalue weighted by atomic mass is 79.9. The molecule has 0 aliphatic heterocycles. The average molecular weight is 283 g/mol. The van der Waals surface area contributed by atoms with E-state index in [2.05, 4.69) is 15.9 Å². The van der Waals surface area contributed by atoms with Crippen LogP contribution in [0.25, 0.3) is 0 Å². The Labute approximate surface area is 104 Å². The van der Waals surface area contributed by atoms with Crippen molar-refractivity contribution in [2.24, 2.45) is 5.41 Å². The van der Waals surface area contributed by atoms with Crippen LogP contribution in [0.1, 0.15) is 31.1 Å². The van der Waals surface area contributed by atoms with E-state index >= 15 is 0 Å². The lowest BCUT2D eigenvalue weighted by Gasteiger charge is -2.19. The van der Waals surface area contributed by atoms with Crippen molar-refractivity contribution in [1.29, 1.82) is 0 Å². The van der Waals surface area contributed by atoms with Gasteiger partial charge in [-0.1, -0.05) is 67.0 Å². The maximum absolute atomic E-state index is 12.0. The lowest BCUT2D eigenvalue weighted by molar-refractivity contribution is -0.124. The zero-order valence-corrected chi connectivity index (χ0v) is 11.2. The number of alkyl halides is 1. The highest BCUT2D eigenvalue weighted by Gasteiger charge is 2.32. The van der Waals surface area contributed by atoms with Crippen LogP contribution in [0.15, 0.2) is 30.3 Å². The summed E-state index contributed by atoms with van der Waals surface area (Å²) < 4.78 is 0. The Bertz CT molecular complexity index is 390. The second-order valence-corrected chi connectivity index (χ2v) is 5.62. The minimum Gasteiger partial charge on any atom is -0.297 e. The highest BCUT2D eigenvalue weighted by Crippen LogP contribution is 2.23. The van der Waals surface area contributed by atoms with Gasteiger partial charge in [-0.2, -0.15) is 0 Å². The van der Waals surface area contributed by atoms with Gasteiger partial charge in [0, 0.05) is 11.0 Å². The molecular formula is C13H15BrO2. The minimum atomic E-state index is -0.755. The van der Waals surface area contributed by atoms with Crippen LogP contribution < -0.4 is 0 Å². The molecule has 0 radical (unpaired) electrons. The fraction of sp³-hybridized carbons (Fsp3) is 0.385. The molecule has 0 spiro atoms. The molecule has 1 atom stereocenters. The Morgan fingerprint density at radius 1 is 1.12 bits per heavy atom. The Morgan fingerprint density at radius 2 is 1.62 bits per heavy atom. The van der Waals surface area contributed by atoms with Crippen LogP contribution in [0, 0.1) is 5.41 Å². The Balaban J connectivity index is 2.88. The third-order valence-corrected chi connectivity index (χ3v) is 3.09. The van der Waals surface area contributed by atoms with E-state index in [1.807, 2.05) is 26.8 Å². The summed E-state index contributed by atoms with van der Waals surface area (Å²) in [5.74, 6) is -0.276. The molecule has 0 fully saturated rings. The van der Waals surface area contributed by atoms with Crippen molar-refractivity contribution in [1.82, 2.24) is 0 Å². The van der Waals surface area contributed by atoms with Crippen molar-refractivity contribution in [2.75, 3.05) is 0 Å². The first-order valence-corrected chi connectivity index (χ1v) is 6.03. The van der Waals surface area contributed by atoms with Gasteiger partial charge in [0.1, 0.15) is 4.83 Å². The molecule has 0 amide bonds. The Hall–Kier alpha value is -0.960.